The van der Waals surface area contributed by atoms with Gasteiger partial charge in [0.1, 0.15) is 0 Å². The first-order valence-corrected chi connectivity index (χ1v) is 9.43. The number of amides is 1. The number of rotatable bonds is 5. The molecule has 3 rings (SSSR count). The zero-order chi connectivity index (χ0) is 17.2. The molecule has 24 heavy (non-hydrogen) atoms. The van der Waals surface area contributed by atoms with E-state index in [2.05, 4.69) is 10.0 Å². The minimum atomic E-state index is -3.65. The van der Waals surface area contributed by atoms with E-state index in [1.807, 2.05) is 12.1 Å². The Kier molecular flexibility index (Phi) is 4.57. The summed E-state index contributed by atoms with van der Waals surface area (Å²) in [6.07, 6.45) is 3.70. The highest BCUT2D eigenvalue weighted by Crippen LogP contribution is 2.36. The van der Waals surface area contributed by atoms with E-state index >= 15 is 0 Å². The summed E-state index contributed by atoms with van der Waals surface area (Å²) in [7, 11) is -3.65. The molecule has 1 saturated carbocycles. The summed E-state index contributed by atoms with van der Waals surface area (Å²) in [5, 5.41) is 2.61. The second-order valence-corrected chi connectivity index (χ2v) is 7.74. The van der Waals surface area contributed by atoms with Crippen molar-refractivity contribution in [2.24, 2.45) is 0 Å². The van der Waals surface area contributed by atoms with Crippen molar-refractivity contribution in [3.05, 3.63) is 54.1 Å². The third-order valence-corrected chi connectivity index (χ3v) is 5.62. The van der Waals surface area contributed by atoms with Crippen molar-refractivity contribution in [3.8, 4) is 0 Å². The molecule has 0 bridgehead atoms. The Bertz CT molecular complexity index is 824. The predicted molar refractivity (Wildman–Crippen MR) is 94.6 cm³/mol. The van der Waals surface area contributed by atoms with Gasteiger partial charge in [-0.3, -0.25) is 9.52 Å². The smallest absolute Gasteiger partial charge is 0.261 e. The van der Waals surface area contributed by atoms with E-state index in [0.29, 0.717) is 17.3 Å². The maximum atomic E-state index is 12.4. The molecule has 0 spiro atoms. The number of nitrogens with one attached hydrogen (secondary N) is 2. The lowest BCUT2D eigenvalue weighted by Gasteiger charge is -2.25. The Balaban J connectivity index is 1.71. The Labute approximate surface area is 142 Å². The maximum absolute atomic E-state index is 12.4. The van der Waals surface area contributed by atoms with Gasteiger partial charge in [0.15, 0.2) is 0 Å². The van der Waals surface area contributed by atoms with Gasteiger partial charge in [-0.2, -0.15) is 0 Å². The Morgan fingerprint density at radius 3 is 2.04 bits per heavy atom. The summed E-state index contributed by atoms with van der Waals surface area (Å²) in [6.45, 7) is 1.40. The van der Waals surface area contributed by atoms with Crippen LogP contribution in [0.15, 0.2) is 53.4 Å². The Morgan fingerprint density at radius 2 is 1.54 bits per heavy atom. The average molecular weight is 344 g/mol. The lowest BCUT2D eigenvalue weighted by molar-refractivity contribution is -0.114. The standard InChI is InChI=1S/C18H20N2O3S/c1-13(21)19-16-9-11-18(12-10-16)24(22,23)20-17-7-5-15(6-8-17)14-3-2-4-14/h5-12,14,20H,2-4H2,1H3,(H,19,21). The van der Waals surface area contributed by atoms with E-state index in [4.69, 9.17) is 0 Å². The van der Waals surface area contributed by atoms with Gasteiger partial charge in [-0.05, 0) is 60.7 Å². The van der Waals surface area contributed by atoms with Crippen molar-refractivity contribution in [2.45, 2.75) is 37.0 Å². The van der Waals surface area contributed by atoms with E-state index in [1.165, 1.54) is 43.9 Å². The van der Waals surface area contributed by atoms with Crippen LogP contribution in [0.2, 0.25) is 0 Å². The molecule has 0 atom stereocenters. The van der Waals surface area contributed by atoms with Gasteiger partial charge in [0.05, 0.1) is 4.90 Å². The average Bonchev–Trinajstić information content (AvgIpc) is 2.47. The fraction of sp³-hybridized carbons (Fsp3) is 0.278. The minimum absolute atomic E-state index is 0.152. The van der Waals surface area contributed by atoms with Gasteiger partial charge in [0, 0.05) is 18.3 Å². The van der Waals surface area contributed by atoms with Gasteiger partial charge in [-0.15, -0.1) is 0 Å². The molecule has 0 saturated heterocycles. The number of hydrogen-bond acceptors (Lipinski definition) is 3. The van der Waals surface area contributed by atoms with Crippen LogP contribution in [0.1, 0.15) is 37.7 Å². The van der Waals surface area contributed by atoms with Gasteiger partial charge < -0.3 is 5.32 Å². The van der Waals surface area contributed by atoms with Crippen LogP contribution in [0.5, 0.6) is 0 Å². The highest BCUT2D eigenvalue weighted by atomic mass is 32.2. The molecule has 0 heterocycles. The van der Waals surface area contributed by atoms with Gasteiger partial charge in [-0.1, -0.05) is 18.6 Å². The molecule has 0 radical (unpaired) electrons. The van der Waals surface area contributed by atoms with Crippen LogP contribution >= 0.6 is 0 Å². The molecule has 6 heteroatoms. The summed E-state index contributed by atoms with van der Waals surface area (Å²) in [4.78, 5) is 11.1. The lowest BCUT2D eigenvalue weighted by atomic mass is 9.80. The molecule has 2 N–H and O–H groups in total. The maximum Gasteiger partial charge on any atom is 0.261 e. The van der Waals surface area contributed by atoms with Crippen molar-refractivity contribution in [1.29, 1.82) is 0 Å². The third-order valence-electron chi connectivity index (χ3n) is 4.22. The molecule has 0 unspecified atom stereocenters. The molecule has 1 aliphatic rings. The lowest BCUT2D eigenvalue weighted by Crippen LogP contribution is -2.14. The fourth-order valence-corrected chi connectivity index (χ4v) is 3.76. The molecule has 0 aliphatic heterocycles. The number of sulfonamides is 1. The zero-order valence-corrected chi connectivity index (χ0v) is 14.3. The third kappa shape index (κ3) is 3.76. The summed E-state index contributed by atoms with van der Waals surface area (Å²) in [6, 6.07) is 13.6. The van der Waals surface area contributed by atoms with Crippen LogP contribution in [0.3, 0.4) is 0 Å². The number of benzene rings is 2. The van der Waals surface area contributed by atoms with Crippen LogP contribution in [-0.2, 0) is 14.8 Å². The van der Waals surface area contributed by atoms with Crippen LogP contribution in [-0.4, -0.2) is 14.3 Å². The Hall–Kier alpha value is -2.34. The van der Waals surface area contributed by atoms with Gasteiger partial charge in [0.25, 0.3) is 10.0 Å². The molecule has 2 aromatic carbocycles. The molecule has 0 aromatic heterocycles. The fourth-order valence-electron chi connectivity index (χ4n) is 2.70. The summed E-state index contributed by atoms with van der Waals surface area (Å²) in [5.74, 6) is 0.423. The van der Waals surface area contributed by atoms with Crippen LogP contribution in [0, 0.1) is 0 Å². The quantitative estimate of drug-likeness (QED) is 0.868. The second-order valence-electron chi connectivity index (χ2n) is 6.06. The highest BCUT2D eigenvalue weighted by molar-refractivity contribution is 7.92. The number of carbonyl (C=O) groups is 1. The first-order chi connectivity index (χ1) is 11.4. The first-order valence-electron chi connectivity index (χ1n) is 7.94. The van der Waals surface area contributed by atoms with Crippen LogP contribution in [0.25, 0.3) is 0 Å². The number of anilines is 2. The van der Waals surface area contributed by atoms with Gasteiger partial charge in [-0.25, -0.2) is 8.42 Å². The monoisotopic (exact) mass is 344 g/mol. The molecular weight excluding hydrogens is 324 g/mol. The number of carbonyl (C=O) groups excluding carboxylic acids is 1. The van der Waals surface area contributed by atoms with E-state index in [0.717, 1.165) is 0 Å². The van der Waals surface area contributed by atoms with Crippen LogP contribution < -0.4 is 10.0 Å². The van der Waals surface area contributed by atoms with Gasteiger partial charge in [0.2, 0.25) is 5.91 Å². The molecular formula is C18H20N2O3S. The van der Waals surface area contributed by atoms with E-state index in [-0.39, 0.29) is 10.8 Å². The SMILES string of the molecule is CC(=O)Nc1ccc(S(=O)(=O)Nc2ccc(C3CCC3)cc2)cc1. The molecule has 1 amide bonds. The molecule has 1 fully saturated rings. The van der Waals surface area contributed by atoms with Gasteiger partial charge >= 0.3 is 0 Å². The molecule has 126 valence electrons. The van der Waals surface area contributed by atoms with Crippen molar-refractivity contribution >= 4 is 27.3 Å². The number of hydrogen-bond donors (Lipinski definition) is 2. The summed E-state index contributed by atoms with van der Waals surface area (Å²) < 4.78 is 27.4. The zero-order valence-electron chi connectivity index (χ0n) is 13.5. The topological polar surface area (TPSA) is 75.3 Å². The predicted octanol–water partition coefficient (Wildman–Crippen LogP) is 3.71. The van der Waals surface area contributed by atoms with Crippen LogP contribution in [0.4, 0.5) is 11.4 Å². The van der Waals surface area contributed by atoms with E-state index in [9.17, 15) is 13.2 Å². The first kappa shape index (κ1) is 16.5. The van der Waals surface area contributed by atoms with Crippen molar-refractivity contribution < 1.29 is 13.2 Å². The van der Waals surface area contributed by atoms with E-state index in [1.54, 1.807) is 24.3 Å². The summed E-state index contributed by atoms with van der Waals surface area (Å²) >= 11 is 0. The second kappa shape index (κ2) is 6.65. The summed E-state index contributed by atoms with van der Waals surface area (Å²) in [5.41, 5.74) is 2.37. The van der Waals surface area contributed by atoms with Crippen molar-refractivity contribution in [1.82, 2.24) is 0 Å². The normalized spacial score (nSPS) is 14.7. The molecule has 5 nitrogen and oxygen atoms in total. The van der Waals surface area contributed by atoms with Crippen molar-refractivity contribution in [3.63, 3.8) is 0 Å². The molecule has 2 aromatic rings. The minimum Gasteiger partial charge on any atom is -0.326 e. The Morgan fingerprint density at radius 1 is 0.958 bits per heavy atom. The highest BCUT2D eigenvalue weighted by Gasteiger charge is 2.19. The van der Waals surface area contributed by atoms with E-state index < -0.39 is 10.0 Å². The van der Waals surface area contributed by atoms with Crippen molar-refractivity contribution in [2.75, 3.05) is 10.0 Å². The molecule has 1 aliphatic carbocycles. The largest absolute Gasteiger partial charge is 0.326 e.